The molecule has 0 saturated heterocycles. The fourth-order valence-electron chi connectivity index (χ4n) is 2.77. The first kappa shape index (κ1) is 20.6. The van der Waals surface area contributed by atoms with Crippen molar-refractivity contribution in [1.82, 2.24) is 20.2 Å². The lowest BCUT2D eigenvalue weighted by atomic mass is 10.1. The predicted octanol–water partition coefficient (Wildman–Crippen LogP) is 2.94. The summed E-state index contributed by atoms with van der Waals surface area (Å²) >= 11 is 1.12. The Morgan fingerprint density at radius 2 is 1.83 bits per heavy atom. The number of nitrogens with zero attached hydrogens (tertiary/aromatic N) is 2. The van der Waals surface area contributed by atoms with Crippen LogP contribution in [0.2, 0.25) is 0 Å². The van der Waals surface area contributed by atoms with Crippen molar-refractivity contribution in [3.63, 3.8) is 0 Å². The third-order valence-electron chi connectivity index (χ3n) is 4.61. The zero-order valence-electron chi connectivity index (χ0n) is 16.6. The van der Waals surface area contributed by atoms with Gasteiger partial charge in [-0.15, -0.1) is 0 Å². The summed E-state index contributed by atoms with van der Waals surface area (Å²) in [6.45, 7) is 5.64. The fourth-order valence-corrected chi connectivity index (χ4v) is 3.70. The molecular formula is C21H22N4O3S. The topological polar surface area (TPSA) is 93.1 Å². The summed E-state index contributed by atoms with van der Waals surface area (Å²) in [6.07, 6.45) is 0. The van der Waals surface area contributed by atoms with Gasteiger partial charge in [-0.1, -0.05) is 30.0 Å². The summed E-state index contributed by atoms with van der Waals surface area (Å²) in [5.74, 6) is -0.469. The Hall–Kier alpha value is -3.13. The standard InChI is InChI=1S/C21H22N4O3S/c1-12-9-10-15(11-13(12)2)25-19(27)16-7-5-6-8-17(16)23-21(25)29-14(3)18(26)24-20(28)22-4/h5-11,14H,1-4H3,(H2,22,24,26,28)/t14-/m0/s1. The molecule has 0 aliphatic carbocycles. The summed E-state index contributed by atoms with van der Waals surface area (Å²) in [6, 6.07) is 12.3. The van der Waals surface area contributed by atoms with Gasteiger partial charge in [-0.05, 0) is 56.2 Å². The molecule has 1 heterocycles. The van der Waals surface area contributed by atoms with Crippen molar-refractivity contribution in [2.75, 3.05) is 7.05 Å². The summed E-state index contributed by atoms with van der Waals surface area (Å²) in [7, 11) is 1.43. The number of aromatic nitrogens is 2. The highest BCUT2D eigenvalue weighted by Gasteiger charge is 2.21. The number of hydrogen-bond donors (Lipinski definition) is 2. The Balaban J connectivity index is 2.12. The van der Waals surface area contributed by atoms with Crippen molar-refractivity contribution in [2.45, 2.75) is 31.2 Å². The van der Waals surface area contributed by atoms with Crippen LogP contribution >= 0.6 is 11.8 Å². The first-order valence-electron chi connectivity index (χ1n) is 9.10. The Morgan fingerprint density at radius 1 is 1.10 bits per heavy atom. The molecule has 0 spiro atoms. The number of imide groups is 1. The van der Waals surface area contributed by atoms with Crippen molar-refractivity contribution in [2.24, 2.45) is 0 Å². The highest BCUT2D eigenvalue weighted by molar-refractivity contribution is 8.00. The quantitative estimate of drug-likeness (QED) is 0.510. The van der Waals surface area contributed by atoms with Crippen molar-refractivity contribution >= 4 is 34.6 Å². The van der Waals surface area contributed by atoms with Crippen LogP contribution in [0.4, 0.5) is 4.79 Å². The summed E-state index contributed by atoms with van der Waals surface area (Å²) in [4.78, 5) is 41.6. The Labute approximate surface area is 172 Å². The van der Waals surface area contributed by atoms with E-state index in [2.05, 4.69) is 15.6 Å². The zero-order valence-corrected chi connectivity index (χ0v) is 17.5. The number of thioether (sulfide) groups is 1. The number of rotatable bonds is 4. The minimum absolute atomic E-state index is 0.208. The van der Waals surface area contributed by atoms with E-state index in [4.69, 9.17) is 0 Å². The van der Waals surface area contributed by atoms with Crippen LogP contribution in [-0.4, -0.2) is 33.8 Å². The maximum atomic E-state index is 13.3. The summed E-state index contributed by atoms with van der Waals surface area (Å²) < 4.78 is 1.52. The Bertz CT molecular complexity index is 1160. The van der Waals surface area contributed by atoms with Gasteiger partial charge >= 0.3 is 6.03 Å². The fraction of sp³-hybridized carbons (Fsp3) is 0.238. The van der Waals surface area contributed by atoms with Gasteiger partial charge < -0.3 is 5.32 Å². The van der Waals surface area contributed by atoms with Crippen LogP contribution in [0.3, 0.4) is 0 Å². The number of amides is 3. The van der Waals surface area contributed by atoms with Gasteiger partial charge in [-0.25, -0.2) is 9.78 Å². The minimum Gasteiger partial charge on any atom is -0.341 e. The SMILES string of the molecule is CNC(=O)NC(=O)[C@H](C)Sc1nc2ccccc2c(=O)n1-c1ccc(C)c(C)c1. The van der Waals surface area contributed by atoms with Crippen LogP contribution in [-0.2, 0) is 4.79 Å². The first-order valence-corrected chi connectivity index (χ1v) is 9.98. The van der Waals surface area contributed by atoms with E-state index in [1.807, 2.05) is 38.1 Å². The van der Waals surface area contributed by atoms with E-state index in [1.165, 1.54) is 11.6 Å². The van der Waals surface area contributed by atoms with Crippen LogP contribution < -0.4 is 16.2 Å². The van der Waals surface area contributed by atoms with Crippen molar-refractivity contribution in [1.29, 1.82) is 0 Å². The number of para-hydroxylation sites is 1. The molecule has 1 atom stereocenters. The summed E-state index contributed by atoms with van der Waals surface area (Å²) in [5.41, 5.74) is 3.18. The van der Waals surface area contributed by atoms with E-state index in [0.717, 1.165) is 22.9 Å². The van der Waals surface area contributed by atoms with Gasteiger partial charge in [0.1, 0.15) is 0 Å². The highest BCUT2D eigenvalue weighted by atomic mass is 32.2. The largest absolute Gasteiger partial charge is 0.341 e. The lowest BCUT2D eigenvalue weighted by molar-refractivity contribution is -0.119. The van der Waals surface area contributed by atoms with E-state index in [0.29, 0.717) is 21.7 Å². The first-order chi connectivity index (χ1) is 13.8. The molecule has 0 saturated carbocycles. The van der Waals surface area contributed by atoms with E-state index in [-0.39, 0.29) is 5.56 Å². The molecule has 3 amide bonds. The smallest absolute Gasteiger partial charge is 0.321 e. The van der Waals surface area contributed by atoms with E-state index in [9.17, 15) is 14.4 Å². The molecule has 0 bridgehead atoms. The lowest BCUT2D eigenvalue weighted by Gasteiger charge is -2.17. The molecule has 0 fully saturated rings. The molecule has 7 nitrogen and oxygen atoms in total. The molecule has 0 aliphatic heterocycles. The van der Waals surface area contributed by atoms with Crippen LogP contribution in [0.5, 0.6) is 0 Å². The van der Waals surface area contributed by atoms with Gasteiger partial charge in [0.25, 0.3) is 5.56 Å². The highest BCUT2D eigenvalue weighted by Crippen LogP contribution is 2.26. The Morgan fingerprint density at radius 3 is 2.52 bits per heavy atom. The van der Waals surface area contributed by atoms with E-state index >= 15 is 0 Å². The van der Waals surface area contributed by atoms with Gasteiger partial charge in [-0.2, -0.15) is 0 Å². The van der Waals surface area contributed by atoms with Crippen molar-refractivity contribution in [3.05, 3.63) is 63.9 Å². The number of aryl methyl sites for hydroxylation is 2. The second kappa shape index (κ2) is 8.48. The van der Waals surface area contributed by atoms with Crippen LogP contribution in [0.25, 0.3) is 16.6 Å². The molecule has 8 heteroatoms. The second-order valence-electron chi connectivity index (χ2n) is 6.65. The van der Waals surface area contributed by atoms with Crippen molar-refractivity contribution < 1.29 is 9.59 Å². The molecule has 0 aliphatic rings. The van der Waals surface area contributed by atoms with Gasteiger partial charge in [-0.3, -0.25) is 19.5 Å². The molecule has 1 aromatic heterocycles. The van der Waals surface area contributed by atoms with Crippen LogP contribution in [0.15, 0.2) is 52.4 Å². The average Bonchev–Trinajstić information content (AvgIpc) is 2.70. The number of nitrogens with one attached hydrogen (secondary N) is 2. The maximum Gasteiger partial charge on any atom is 0.321 e. The molecule has 150 valence electrons. The van der Waals surface area contributed by atoms with E-state index < -0.39 is 17.2 Å². The number of urea groups is 1. The third kappa shape index (κ3) is 4.32. The lowest BCUT2D eigenvalue weighted by Crippen LogP contribution is -2.41. The number of fused-ring (bicyclic) bond motifs is 1. The van der Waals surface area contributed by atoms with E-state index in [1.54, 1.807) is 25.1 Å². The molecule has 0 radical (unpaired) electrons. The molecule has 3 rings (SSSR count). The van der Waals surface area contributed by atoms with Crippen LogP contribution in [0, 0.1) is 13.8 Å². The molecule has 29 heavy (non-hydrogen) atoms. The van der Waals surface area contributed by atoms with Gasteiger partial charge in [0.2, 0.25) is 5.91 Å². The number of benzene rings is 2. The molecular weight excluding hydrogens is 388 g/mol. The normalized spacial score (nSPS) is 11.9. The van der Waals surface area contributed by atoms with Gasteiger partial charge in [0, 0.05) is 7.05 Å². The van der Waals surface area contributed by atoms with Gasteiger partial charge in [0.05, 0.1) is 21.8 Å². The number of carbonyl (C=O) groups excluding carboxylic acids is 2. The monoisotopic (exact) mass is 410 g/mol. The maximum absolute atomic E-state index is 13.3. The Kier molecular flexibility index (Phi) is 6.03. The molecule has 2 N–H and O–H groups in total. The minimum atomic E-state index is -0.641. The average molecular weight is 410 g/mol. The van der Waals surface area contributed by atoms with Crippen LogP contribution in [0.1, 0.15) is 18.1 Å². The zero-order chi connectivity index (χ0) is 21.1. The predicted molar refractivity (Wildman–Crippen MR) is 115 cm³/mol. The molecule has 2 aromatic carbocycles. The second-order valence-corrected chi connectivity index (χ2v) is 7.96. The summed E-state index contributed by atoms with van der Waals surface area (Å²) in [5, 5.41) is 4.84. The van der Waals surface area contributed by atoms with Crippen molar-refractivity contribution in [3.8, 4) is 5.69 Å². The third-order valence-corrected chi connectivity index (χ3v) is 5.66. The molecule has 3 aromatic rings. The number of carbonyl (C=O) groups is 2. The number of hydrogen-bond acceptors (Lipinski definition) is 5. The molecule has 0 unspecified atom stereocenters. The van der Waals surface area contributed by atoms with Gasteiger partial charge in [0.15, 0.2) is 5.16 Å².